The standard InChI is InChI=1S/C12H25NO2/c1-5-7-9-13-12(3,4)10-15-11(14)8-6-2/h13H,5-10H2,1-4H3. The fourth-order valence-corrected chi connectivity index (χ4v) is 1.19. The molecule has 0 aromatic carbocycles. The van der Waals surface area contributed by atoms with Gasteiger partial charge in [0.25, 0.3) is 0 Å². The Labute approximate surface area is 93.6 Å². The lowest BCUT2D eigenvalue weighted by Crippen LogP contribution is -2.44. The van der Waals surface area contributed by atoms with Crippen LogP contribution in [0.4, 0.5) is 0 Å². The second-order valence-corrected chi connectivity index (χ2v) is 4.57. The predicted molar refractivity (Wildman–Crippen MR) is 62.9 cm³/mol. The number of hydrogen-bond donors (Lipinski definition) is 1. The predicted octanol–water partition coefficient (Wildman–Crippen LogP) is 2.50. The van der Waals surface area contributed by atoms with Crippen LogP contribution in [0, 0.1) is 0 Å². The van der Waals surface area contributed by atoms with Crippen molar-refractivity contribution in [2.45, 2.75) is 58.9 Å². The molecule has 15 heavy (non-hydrogen) atoms. The van der Waals surface area contributed by atoms with E-state index in [1.54, 1.807) is 0 Å². The number of carbonyl (C=O) groups excluding carboxylic acids is 1. The lowest BCUT2D eigenvalue weighted by atomic mass is 10.1. The Morgan fingerprint density at radius 1 is 1.27 bits per heavy atom. The van der Waals surface area contributed by atoms with E-state index in [4.69, 9.17) is 4.74 Å². The van der Waals surface area contributed by atoms with Gasteiger partial charge in [0.05, 0.1) is 0 Å². The summed E-state index contributed by atoms with van der Waals surface area (Å²) in [4.78, 5) is 11.2. The van der Waals surface area contributed by atoms with Crippen LogP contribution in [0.2, 0.25) is 0 Å². The first kappa shape index (κ1) is 14.4. The molecule has 3 nitrogen and oxygen atoms in total. The fourth-order valence-electron chi connectivity index (χ4n) is 1.19. The van der Waals surface area contributed by atoms with Crippen molar-refractivity contribution in [2.24, 2.45) is 0 Å². The zero-order valence-corrected chi connectivity index (χ0v) is 10.6. The maximum atomic E-state index is 11.2. The quantitative estimate of drug-likeness (QED) is 0.499. The zero-order chi connectivity index (χ0) is 11.7. The Balaban J connectivity index is 3.67. The summed E-state index contributed by atoms with van der Waals surface area (Å²) in [6.45, 7) is 9.69. The van der Waals surface area contributed by atoms with Gasteiger partial charge >= 0.3 is 5.97 Å². The Bertz CT molecular complexity index is 178. The summed E-state index contributed by atoms with van der Waals surface area (Å²) in [5, 5.41) is 3.38. The van der Waals surface area contributed by atoms with Gasteiger partial charge in [-0.25, -0.2) is 0 Å². The van der Waals surface area contributed by atoms with Crippen molar-refractivity contribution in [2.75, 3.05) is 13.2 Å². The van der Waals surface area contributed by atoms with Gasteiger partial charge < -0.3 is 10.1 Å². The van der Waals surface area contributed by atoms with Crippen molar-refractivity contribution in [3.8, 4) is 0 Å². The molecule has 90 valence electrons. The van der Waals surface area contributed by atoms with Crippen molar-refractivity contribution < 1.29 is 9.53 Å². The maximum Gasteiger partial charge on any atom is 0.305 e. The highest BCUT2D eigenvalue weighted by Crippen LogP contribution is 2.04. The first-order valence-electron chi connectivity index (χ1n) is 5.92. The van der Waals surface area contributed by atoms with Gasteiger partial charge in [0, 0.05) is 12.0 Å². The minimum absolute atomic E-state index is 0.0946. The molecule has 0 radical (unpaired) electrons. The molecule has 1 N–H and O–H groups in total. The Kier molecular flexibility index (Phi) is 7.39. The molecule has 0 aromatic heterocycles. The van der Waals surface area contributed by atoms with Crippen LogP contribution in [0.15, 0.2) is 0 Å². The molecule has 0 aliphatic carbocycles. The van der Waals surface area contributed by atoms with E-state index in [2.05, 4.69) is 26.1 Å². The molecule has 0 bridgehead atoms. The summed E-state index contributed by atoms with van der Waals surface area (Å²) in [5.74, 6) is -0.0946. The van der Waals surface area contributed by atoms with E-state index >= 15 is 0 Å². The van der Waals surface area contributed by atoms with Gasteiger partial charge in [-0.3, -0.25) is 4.79 Å². The van der Waals surface area contributed by atoms with Crippen LogP contribution in [0.25, 0.3) is 0 Å². The van der Waals surface area contributed by atoms with Crippen LogP contribution in [0.3, 0.4) is 0 Å². The minimum Gasteiger partial charge on any atom is -0.464 e. The van der Waals surface area contributed by atoms with E-state index in [9.17, 15) is 4.79 Å². The summed E-state index contributed by atoms with van der Waals surface area (Å²) in [7, 11) is 0. The second kappa shape index (κ2) is 7.69. The summed E-state index contributed by atoms with van der Waals surface area (Å²) in [5.41, 5.74) is -0.113. The van der Waals surface area contributed by atoms with Crippen molar-refractivity contribution >= 4 is 5.97 Å². The SMILES string of the molecule is CCCCNC(C)(C)COC(=O)CCC. The average molecular weight is 215 g/mol. The highest BCUT2D eigenvalue weighted by Gasteiger charge is 2.18. The number of nitrogens with one attached hydrogen (secondary N) is 1. The third-order valence-corrected chi connectivity index (χ3v) is 2.18. The number of ether oxygens (including phenoxy) is 1. The molecule has 0 aromatic rings. The van der Waals surface area contributed by atoms with Gasteiger partial charge in [0.2, 0.25) is 0 Å². The van der Waals surface area contributed by atoms with Crippen LogP contribution >= 0.6 is 0 Å². The van der Waals surface area contributed by atoms with E-state index in [0.29, 0.717) is 13.0 Å². The number of rotatable bonds is 8. The van der Waals surface area contributed by atoms with Crippen molar-refractivity contribution in [3.05, 3.63) is 0 Å². The highest BCUT2D eigenvalue weighted by atomic mass is 16.5. The average Bonchev–Trinajstić information content (AvgIpc) is 2.16. The normalized spacial score (nSPS) is 11.5. The monoisotopic (exact) mass is 215 g/mol. The Morgan fingerprint density at radius 3 is 2.47 bits per heavy atom. The third kappa shape index (κ3) is 8.43. The van der Waals surface area contributed by atoms with Crippen LogP contribution in [0.5, 0.6) is 0 Å². The molecule has 0 rings (SSSR count). The molecule has 0 fully saturated rings. The molecule has 0 saturated heterocycles. The smallest absolute Gasteiger partial charge is 0.305 e. The van der Waals surface area contributed by atoms with Gasteiger partial charge in [-0.15, -0.1) is 0 Å². The first-order valence-corrected chi connectivity index (χ1v) is 5.92. The molecule has 0 unspecified atom stereocenters. The number of esters is 1. The molecular formula is C12H25NO2. The second-order valence-electron chi connectivity index (χ2n) is 4.57. The molecule has 0 heterocycles. The van der Waals surface area contributed by atoms with Crippen LogP contribution < -0.4 is 5.32 Å². The highest BCUT2D eigenvalue weighted by molar-refractivity contribution is 5.69. The maximum absolute atomic E-state index is 11.2. The topological polar surface area (TPSA) is 38.3 Å². The number of carbonyl (C=O) groups is 1. The van der Waals surface area contributed by atoms with E-state index in [1.165, 1.54) is 6.42 Å². The summed E-state index contributed by atoms with van der Waals surface area (Å²) >= 11 is 0. The fraction of sp³-hybridized carbons (Fsp3) is 0.917. The zero-order valence-electron chi connectivity index (χ0n) is 10.6. The Morgan fingerprint density at radius 2 is 1.93 bits per heavy atom. The van der Waals surface area contributed by atoms with Gasteiger partial charge in [-0.05, 0) is 33.2 Å². The molecule has 0 atom stereocenters. The first-order chi connectivity index (χ1) is 7.02. The molecular weight excluding hydrogens is 190 g/mol. The molecule has 0 aliphatic rings. The van der Waals surface area contributed by atoms with E-state index < -0.39 is 0 Å². The molecule has 0 saturated carbocycles. The van der Waals surface area contributed by atoms with Gasteiger partial charge in [0.1, 0.15) is 6.61 Å². The van der Waals surface area contributed by atoms with Crippen molar-refractivity contribution in [3.63, 3.8) is 0 Å². The number of unbranched alkanes of at least 4 members (excludes halogenated alkanes) is 1. The minimum atomic E-state index is -0.113. The van der Waals surface area contributed by atoms with Crippen LogP contribution in [0.1, 0.15) is 53.4 Å². The van der Waals surface area contributed by atoms with Gasteiger partial charge in [-0.2, -0.15) is 0 Å². The Hall–Kier alpha value is -0.570. The molecule has 3 heteroatoms. The largest absolute Gasteiger partial charge is 0.464 e. The lowest BCUT2D eigenvalue weighted by Gasteiger charge is -2.25. The van der Waals surface area contributed by atoms with Gasteiger partial charge in [0.15, 0.2) is 0 Å². The number of hydrogen-bond acceptors (Lipinski definition) is 3. The van der Waals surface area contributed by atoms with Gasteiger partial charge in [-0.1, -0.05) is 20.3 Å². The van der Waals surface area contributed by atoms with Crippen molar-refractivity contribution in [1.82, 2.24) is 5.32 Å². The summed E-state index contributed by atoms with van der Waals surface area (Å²) in [6.07, 6.45) is 3.71. The molecule has 0 aliphatic heterocycles. The van der Waals surface area contributed by atoms with Crippen LogP contribution in [-0.2, 0) is 9.53 Å². The summed E-state index contributed by atoms with van der Waals surface area (Å²) < 4.78 is 5.18. The van der Waals surface area contributed by atoms with Crippen LogP contribution in [-0.4, -0.2) is 24.7 Å². The van der Waals surface area contributed by atoms with Crippen molar-refractivity contribution in [1.29, 1.82) is 0 Å². The summed E-state index contributed by atoms with van der Waals surface area (Å²) in [6, 6.07) is 0. The molecule has 0 amide bonds. The van der Waals surface area contributed by atoms with E-state index in [1.807, 2.05) is 6.92 Å². The van der Waals surface area contributed by atoms with E-state index in [0.717, 1.165) is 19.4 Å². The lowest BCUT2D eigenvalue weighted by molar-refractivity contribution is -0.145. The molecule has 0 spiro atoms. The van der Waals surface area contributed by atoms with E-state index in [-0.39, 0.29) is 11.5 Å². The third-order valence-electron chi connectivity index (χ3n) is 2.18.